The molecule has 4 nitrogen and oxygen atoms in total. The predicted octanol–water partition coefficient (Wildman–Crippen LogP) is 9.05. The second kappa shape index (κ2) is 16.2. The Morgan fingerprint density at radius 3 is 1.74 bits per heavy atom. The quantitative estimate of drug-likeness (QED) is 0.165. The van der Waals surface area contributed by atoms with Crippen LogP contribution in [-0.2, 0) is 32.1 Å². The number of hydrogen-bond donors (Lipinski definition) is 0. The second-order valence-corrected chi connectivity index (χ2v) is 8.50. The summed E-state index contributed by atoms with van der Waals surface area (Å²) in [5.41, 5.74) is 4.45. The molecule has 0 saturated heterocycles. The monoisotopic (exact) mass is 514 g/mol. The molecule has 4 heteroatoms. The van der Waals surface area contributed by atoms with Gasteiger partial charge in [0.2, 0.25) is 0 Å². The van der Waals surface area contributed by atoms with E-state index in [1.165, 1.54) is 18.1 Å². The van der Waals surface area contributed by atoms with Gasteiger partial charge >= 0.3 is 11.9 Å². The normalized spacial score (nSPS) is 10.2. The first-order chi connectivity index (χ1) is 18.6. The average molecular weight is 515 g/mol. The molecule has 0 aromatic heterocycles. The Morgan fingerprint density at radius 1 is 0.711 bits per heavy atom. The van der Waals surface area contributed by atoms with Crippen molar-refractivity contribution in [3.63, 3.8) is 0 Å². The summed E-state index contributed by atoms with van der Waals surface area (Å²) in [7, 11) is 0. The fourth-order valence-corrected chi connectivity index (χ4v) is 4.42. The minimum Gasteiger partial charge on any atom is -0.466 e. The highest BCUT2D eigenvalue weighted by Crippen LogP contribution is 2.39. The van der Waals surface area contributed by atoms with Crippen molar-refractivity contribution in [3.05, 3.63) is 83.9 Å². The van der Waals surface area contributed by atoms with Crippen molar-refractivity contribution < 1.29 is 19.1 Å². The van der Waals surface area contributed by atoms with Crippen LogP contribution in [0.3, 0.4) is 0 Å². The molecule has 0 unspecified atom stereocenters. The summed E-state index contributed by atoms with van der Waals surface area (Å²) >= 11 is 0. The highest BCUT2D eigenvalue weighted by atomic mass is 16.5. The van der Waals surface area contributed by atoms with E-state index < -0.39 is 0 Å². The zero-order valence-corrected chi connectivity index (χ0v) is 23.8. The molecule has 4 rings (SSSR count). The molecular weight excluding hydrogens is 472 g/mol. The zero-order chi connectivity index (χ0) is 27.9. The summed E-state index contributed by atoms with van der Waals surface area (Å²) in [6, 6.07) is 25.0. The topological polar surface area (TPSA) is 52.6 Å². The minimum atomic E-state index is -0.263. The summed E-state index contributed by atoms with van der Waals surface area (Å²) in [6.45, 7) is 12.1. The van der Waals surface area contributed by atoms with Crippen molar-refractivity contribution >= 4 is 33.5 Å². The standard InChI is InChI=1S/C30H30O4.2C2H6/c1-3-4-13-29(32)34-20-22-14-16-23(17-15-22)30-27-11-7-5-9-24(27)26(18-19-33-21(2)31)25-10-6-8-12-28(25)30;2*1-2/h5-12,14-17H,3-4,13,18-20H2,1-2H3;2*1-2H3. The number of carbonyl (C=O) groups is 2. The molecule has 4 aromatic rings. The lowest BCUT2D eigenvalue weighted by atomic mass is 9.87. The summed E-state index contributed by atoms with van der Waals surface area (Å²) in [5, 5.41) is 4.66. The van der Waals surface area contributed by atoms with Gasteiger partial charge in [0, 0.05) is 19.8 Å². The van der Waals surface area contributed by atoms with Gasteiger partial charge in [0.15, 0.2) is 0 Å². The highest BCUT2D eigenvalue weighted by Gasteiger charge is 2.15. The van der Waals surface area contributed by atoms with Crippen LogP contribution in [0.15, 0.2) is 72.8 Å². The van der Waals surface area contributed by atoms with Gasteiger partial charge in [-0.05, 0) is 50.2 Å². The Hall–Kier alpha value is -3.66. The van der Waals surface area contributed by atoms with Crippen LogP contribution < -0.4 is 0 Å². The molecule has 4 aromatic carbocycles. The van der Waals surface area contributed by atoms with Crippen LogP contribution in [-0.4, -0.2) is 18.5 Å². The van der Waals surface area contributed by atoms with Crippen LogP contribution in [0.1, 0.15) is 71.9 Å². The molecule has 0 atom stereocenters. The molecule has 0 bridgehead atoms. The van der Waals surface area contributed by atoms with E-state index >= 15 is 0 Å². The molecule has 0 radical (unpaired) electrons. The fourth-order valence-electron chi connectivity index (χ4n) is 4.42. The number of hydrogen-bond acceptors (Lipinski definition) is 4. The number of rotatable bonds is 9. The SMILES string of the molecule is CC.CC.CCCCC(=O)OCc1ccc(-c2c3ccccc3c(CCOC(C)=O)c3ccccc23)cc1. The summed E-state index contributed by atoms with van der Waals surface area (Å²) in [6.07, 6.45) is 2.96. The van der Waals surface area contributed by atoms with Crippen LogP contribution in [0.5, 0.6) is 0 Å². The van der Waals surface area contributed by atoms with Crippen LogP contribution in [0.25, 0.3) is 32.7 Å². The van der Waals surface area contributed by atoms with E-state index in [1.807, 2.05) is 52.0 Å². The molecule has 0 aliphatic rings. The number of esters is 2. The van der Waals surface area contributed by atoms with Crippen LogP contribution >= 0.6 is 0 Å². The van der Waals surface area contributed by atoms with Gasteiger partial charge in [-0.3, -0.25) is 9.59 Å². The van der Waals surface area contributed by atoms with Crippen LogP contribution in [0.2, 0.25) is 0 Å². The lowest BCUT2D eigenvalue weighted by molar-refractivity contribution is -0.145. The predicted molar refractivity (Wildman–Crippen MR) is 159 cm³/mol. The summed E-state index contributed by atoms with van der Waals surface area (Å²) in [5.74, 6) is -0.409. The van der Waals surface area contributed by atoms with Crippen molar-refractivity contribution in [3.8, 4) is 11.1 Å². The molecule has 0 fully saturated rings. The third kappa shape index (κ3) is 7.92. The van der Waals surface area contributed by atoms with E-state index in [4.69, 9.17) is 9.47 Å². The van der Waals surface area contributed by atoms with E-state index in [9.17, 15) is 9.59 Å². The maximum absolute atomic E-state index is 11.9. The first-order valence-corrected chi connectivity index (χ1v) is 13.9. The number of unbranched alkanes of at least 4 members (excludes halogenated alkanes) is 1. The van der Waals surface area contributed by atoms with Gasteiger partial charge in [-0.15, -0.1) is 0 Å². The molecule has 0 aliphatic heterocycles. The van der Waals surface area contributed by atoms with E-state index in [0.717, 1.165) is 45.5 Å². The number of carbonyl (C=O) groups excluding carboxylic acids is 2. The smallest absolute Gasteiger partial charge is 0.306 e. The molecular formula is C34H42O4. The van der Waals surface area contributed by atoms with Crippen LogP contribution in [0, 0.1) is 0 Å². The maximum Gasteiger partial charge on any atom is 0.306 e. The zero-order valence-electron chi connectivity index (χ0n) is 23.8. The summed E-state index contributed by atoms with van der Waals surface area (Å²) in [4.78, 5) is 23.2. The van der Waals surface area contributed by atoms with E-state index in [-0.39, 0.29) is 11.9 Å². The Labute approximate surface area is 228 Å². The number of fused-ring (bicyclic) bond motifs is 2. The molecule has 0 heterocycles. The van der Waals surface area contributed by atoms with Crippen molar-refractivity contribution in [2.75, 3.05) is 6.61 Å². The average Bonchev–Trinajstić information content (AvgIpc) is 2.97. The van der Waals surface area contributed by atoms with Gasteiger partial charge in [-0.1, -0.05) is 114 Å². The van der Waals surface area contributed by atoms with Gasteiger partial charge in [0.05, 0.1) is 6.61 Å². The lowest BCUT2D eigenvalue weighted by Gasteiger charge is -2.17. The number of ether oxygens (including phenoxy) is 2. The van der Waals surface area contributed by atoms with Crippen molar-refractivity contribution in [1.29, 1.82) is 0 Å². The second-order valence-electron chi connectivity index (χ2n) is 8.50. The van der Waals surface area contributed by atoms with E-state index in [2.05, 4.69) is 55.5 Å². The Morgan fingerprint density at radius 2 is 1.24 bits per heavy atom. The Bertz CT molecular complexity index is 1250. The molecule has 0 saturated carbocycles. The maximum atomic E-state index is 11.9. The molecule has 0 spiro atoms. The number of benzene rings is 4. The van der Waals surface area contributed by atoms with Gasteiger partial charge < -0.3 is 9.47 Å². The first kappa shape index (κ1) is 30.6. The Balaban J connectivity index is 0.00000121. The highest BCUT2D eigenvalue weighted by molar-refractivity contribution is 6.15. The third-order valence-corrected chi connectivity index (χ3v) is 6.08. The molecule has 38 heavy (non-hydrogen) atoms. The van der Waals surface area contributed by atoms with Crippen molar-refractivity contribution in [2.45, 2.75) is 73.8 Å². The van der Waals surface area contributed by atoms with Gasteiger partial charge in [0.25, 0.3) is 0 Å². The van der Waals surface area contributed by atoms with Gasteiger partial charge in [-0.2, -0.15) is 0 Å². The van der Waals surface area contributed by atoms with E-state index in [1.54, 1.807) is 0 Å². The van der Waals surface area contributed by atoms with Gasteiger partial charge in [-0.25, -0.2) is 0 Å². The first-order valence-electron chi connectivity index (χ1n) is 13.9. The van der Waals surface area contributed by atoms with Gasteiger partial charge in [0.1, 0.15) is 6.61 Å². The summed E-state index contributed by atoms with van der Waals surface area (Å²) < 4.78 is 10.7. The largest absolute Gasteiger partial charge is 0.466 e. The Kier molecular flexibility index (Phi) is 13.1. The van der Waals surface area contributed by atoms with E-state index in [0.29, 0.717) is 26.1 Å². The third-order valence-electron chi connectivity index (χ3n) is 6.08. The molecule has 202 valence electrons. The lowest BCUT2D eigenvalue weighted by Crippen LogP contribution is -2.05. The van der Waals surface area contributed by atoms with Crippen molar-refractivity contribution in [2.24, 2.45) is 0 Å². The fraction of sp³-hybridized carbons (Fsp3) is 0.353. The van der Waals surface area contributed by atoms with Crippen molar-refractivity contribution in [1.82, 2.24) is 0 Å². The van der Waals surface area contributed by atoms with Crippen LogP contribution in [0.4, 0.5) is 0 Å². The molecule has 0 aliphatic carbocycles. The minimum absolute atomic E-state index is 0.146. The molecule has 0 N–H and O–H groups in total. The molecule has 0 amide bonds.